The molecule has 0 N–H and O–H groups in total. The molecule has 5 nitrogen and oxygen atoms in total. The molecule has 0 fully saturated rings. The van der Waals surface area contributed by atoms with E-state index in [4.69, 9.17) is 18.9 Å². The molecule has 0 spiro atoms. The summed E-state index contributed by atoms with van der Waals surface area (Å²) in [5.41, 5.74) is 0.365. The predicted molar refractivity (Wildman–Crippen MR) is 73.0 cm³/mol. The van der Waals surface area contributed by atoms with Gasteiger partial charge in [-0.2, -0.15) is 0 Å². The first kappa shape index (κ1) is 14.2. The number of ether oxygens (including phenoxy) is 4. The Bertz CT molecular complexity index is 533. The third-order valence-corrected chi connectivity index (χ3v) is 2.57. The lowest BCUT2D eigenvalue weighted by atomic mass is 10.3. The summed E-state index contributed by atoms with van der Waals surface area (Å²) in [4.78, 5) is 11.2. The van der Waals surface area contributed by atoms with Gasteiger partial charge >= 0.3 is 5.97 Å². The predicted octanol–water partition coefficient (Wildman–Crippen LogP) is 2.69. The van der Waals surface area contributed by atoms with Crippen LogP contribution >= 0.6 is 0 Å². The van der Waals surface area contributed by atoms with Crippen LogP contribution < -0.4 is 14.2 Å². The Morgan fingerprint density at radius 3 is 2.75 bits per heavy atom. The summed E-state index contributed by atoms with van der Waals surface area (Å²) in [5, 5.41) is 0. The Balaban J connectivity index is 1.91. The first-order valence-corrected chi connectivity index (χ1v) is 6.35. The smallest absolute Gasteiger partial charge is 0.333 e. The largest absolute Gasteiger partial charge is 0.486 e. The van der Waals surface area contributed by atoms with Crippen molar-refractivity contribution in [3.8, 4) is 17.2 Å². The molecule has 1 aromatic rings. The zero-order valence-electron chi connectivity index (χ0n) is 11.9. The zero-order chi connectivity index (χ0) is 14.8. The lowest BCUT2D eigenvalue weighted by Gasteiger charge is -2.16. The highest BCUT2D eigenvalue weighted by molar-refractivity contribution is 5.86. The average molecular weight is 278 g/mol. The number of para-hydroxylation sites is 1. The van der Waals surface area contributed by atoms with E-state index in [1.54, 1.807) is 13.0 Å². The van der Waals surface area contributed by atoms with Gasteiger partial charge in [-0.25, -0.2) is 4.79 Å². The van der Waals surface area contributed by atoms with Crippen molar-refractivity contribution in [2.24, 2.45) is 0 Å². The molecule has 20 heavy (non-hydrogen) atoms. The summed E-state index contributed by atoms with van der Waals surface area (Å²) >= 11 is 0. The molecule has 0 aromatic heterocycles. The van der Waals surface area contributed by atoms with Crippen molar-refractivity contribution in [1.29, 1.82) is 0 Å². The highest BCUT2D eigenvalue weighted by atomic mass is 16.7. The van der Waals surface area contributed by atoms with Gasteiger partial charge in [0.15, 0.2) is 11.5 Å². The van der Waals surface area contributed by atoms with Crippen LogP contribution in [0.3, 0.4) is 0 Å². The molecule has 1 aliphatic heterocycles. The van der Waals surface area contributed by atoms with Crippen LogP contribution in [-0.2, 0) is 9.53 Å². The highest BCUT2D eigenvalue weighted by Gasteiger charge is 2.33. The first-order valence-electron chi connectivity index (χ1n) is 6.35. The van der Waals surface area contributed by atoms with E-state index in [0.29, 0.717) is 22.8 Å². The van der Waals surface area contributed by atoms with Gasteiger partial charge in [0.2, 0.25) is 11.5 Å². The fraction of sp³-hybridized carbons (Fsp3) is 0.400. The number of benzene rings is 1. The number of hydrogen-bond acceptors (Lipinski definition) is 5. The molecular weight excluding hydrogens is 260 g/mol. The zero-order valence-corrected chi connectivity index (χ0v) is 11.9. The van der Waals surface area contributed by atoms with Crippen LogP contribution in [0, 0.1) is 0 Å². The van der Waals surface area contributed by atoms with Crippen LogP contribution in [0.2, 0.25) is 0 Å². The number of esters is 1. The monoisotopic (exact) mass is 278 g/mol. The van der Waals surface area contributed by atoms with Crippen LogP contribution in [0.25, 0.3) is 0 Å². The number of carbonyl (C=O) groups is 1. The van der Waals surface area contributed by atoms with Crippen molar-refractivity contribution in [2.75, 3.05) is 13.2 Å². The Morgan fingerprint density at radius 1 is 1.30 bits per heavy atom. The summed E-state index contributed by atoms with van der Waals surface area (Å²) < 4.78 is 21.8. The van der Waals surface area contributed by atoms with Gasteiger partial charge in [-0.1, -0.05) is 12.6 Å². The second-order valence-corrected chi connectivity index (χ2v) is 4.95. The molecule has 2 rings (SSSR count). The normalized spacial score (nSPS) is 14.8. The molecule has 0 radical (unpaired) electrons. The number of carbonyl (C=O) groups excluding carboxylic acids is 1. The Labute approximate surface area is 118 Å². The van der Waals surface area contributed by atoms with Crippen molar-refractivity contribution in [3.63, 3.8) is 0 Å². The van der Waals surface area contributed by atoms with E-state index in [-0.39, 0.29) is 13.2 Å². The van der Waals surface area contributed by atoms with Crippen molar-refractivity contribution in [3.05, 3.63) is 30.4 Å². The second kappa shape index (κ2) is 5.45. The minimum atomic E-state index is -0.700. The lowest BCUT2D eigenvalue weighted by Crippen LogP contribution is -2.29. The summed E-state index contributed by atoms with van der Waals surface area (Å²) in [5.74, 6) is 0.663. The van der Waals surface area contributed by atoms with Crippen LogP contribution in [-0.4, -0.2) is 25.0 Å². The van der Waals surface area contributed by atoms with E-state index in [1.165, 1.54) is 0 Å². The summed E-state index contributed by atoms with van der Waals surface area (Å²) in [6, 6.07) is 5.42. The molecule has 1 aliphatic rings. The van der Waals surface area contributed by atoms with E-state index in [1.807, 2.05) is 26.0 Å². The van der Waals surface area contributed by atoms with Crippen molar-refractivity contribution in [2.45, 2.75) is 26.6 Å². The van der Waals surface area contributed by atoms with Gasteiger partial charge in [0, 0.05) is 19.4 Å². The summed E-state index contributed by atoms with van der Waals surface area (Å²) in [6.45, 7) is 9.14. The maximum absolute atomic E-state index is 11.2. The Morgan fingerprint density at radius 2 is 2.05 bits per heavy atom. The van der Waals surface area contributed by atoms with Gasteiger partial charge in [-0.05, 0) is 19.1 Å². The molecule has 0 bridgehead atoms. The number of rotatable bonds is 5. The van der Waals surface area contributed by atoms with Crippen LogP contribution in [0.1, 0.15) is 20.8 Å². The van der Waals surface area contributed by atoms with E-state index in [9.17, 15) is 4.79 Å². The molecular formula is C15H18O5. The van der Waals surface area contributed by atoms with Crippen LogP contribution in [0.4, 0.5) is 0 Å². The molecule has 0 atom stereocenters. The Hall–Kier alpha value is -2.17. The maximum Gasteiger partial charge on any atom is 0.333 e. The average Bonchev–Trinajstić information content (AvgIpc) is 2.68. The fourth-order valence-corrected chi connectivity index (χ4v) is 1.73. The van der Waals surface area contributed by atoms with Crippen LogP contribution in [0.5, 0.6) is 17.2 Å². The summed E-state index contributed by atoms with van der Waals surface area (Å²) in [6.07, 6.45) is 0. The molecule has 1 heterocycles. The molecule has 0 saturated heterocycles. The summed E-state index contributed by atoms with van der Waals surface area (Å²) in [7, 11) is 0. The third-order valence-electron chi connectivity index (χ3n) is 2.57. The maximum atomic E-state index is 11.2. The highest BCUT2D eigenvalue weighted by Crippen LogP contribution is 2.45. The molecule has 1 aromatic carbocycles. The van der Waals surface area contributed by atoms with Gasteiger partial charge in [0.25, 0.3) is 0 Å². The lowest BCUT2D eigenvalue weighted by molar-refractivity contribution is -0.139. The van der Waals surface area contributed by atoms with Crippen molar-refractivity contribution < 1.29 is 23.7 Å². The topological polar surface area (TPSA) is 54.0 Å². The first-order chi connectivity index (χ1) is 9.39. The van der Waals surface area contributed by atoms with Crippen LogP contribution in [0.15, 0.2) is 30.4 Å². The molecule has 0 unspecified atom stereocenters. The molecule has 0 aliphatic carbocycles. The van der Waals surface area contributed by atoms with E-state index >= 15 is 0 Å². The molecule has 0 amide bonds. The minimum Gasteiger partial charge on any atom is -0.486 e. The second-order valence-electron chi connectivity index (χ2n) is 4.95. The molecule has 108 valence electrons. The van der Waals surface area contributed by atoms with Crippen molar-refractivity contribution in [1.82, 2.24) is 0 Å². The molecule has 5 heteroatoms. The van der Waals surface area contributed by atoms with E-state index in [0.717, 1.165) is 0 Å². The third kappa shape index (κ3) is 3.23. The molecule has 0 saturated carbocycles. The van der Waals surface area contributed by atoms with E-state index < -0.39 is 11.8 Å². The standard InChI is InChI=1S/C15H18O5/c1-10(2)14(16)18-9-8-17-11-6-5-7-12-13(11)20-15(3,4)19-12/h5-7H,1,8-9H2,2-4H3. The van der Waals surface area contributed by atoms with E-state index in [2.05, 4.69) is 6.58 Å². The quantitative estimate of drug-likeness (QED) is 0.471. The van der Waals surface area contributed by atoms with Gasteiger partial charge < -0.3 is 18.9 Å². The van der Waals surface area contributed by atoms with Gasteiger partial charge in [0.1, 0.15) is 13.2 Å². The van der Waals surface area contributed by atoms with Gasteiger partial charge in [0.05, 0.1) is 0 Å². The number of fused-ring (bicyclic) bond motifs is 1. The SMILES string of the molecule is C=C(C)C(=O)OCCOc1cccc2c1OC(C)(C)O2. The van der Waals surface area contributed by atoms with Gasteiger partial charge in [-0.3, -0.25) is 0 Å². The fourth-order valence-electron chi connectivity index (χ4n) is 1.73. The van der Waals surface area contributed by atoms with Gasteiger partial charge in [-0.15, -0.1) is 0 Å². The van der Waals surface area contributed by atoms with Crippen molar-refractivity contribution >= 4 is 5.97 Å². The minimum absolute atomic E-state index is 0.152. The number of hydrogen-bond donors (Lipinski definition) is 0. The Kier molecular flexibility index (Phi) is 3.88.